The molecule has 1 heterocycles. The first-order chi connectivity index (χ1) is 13.0. The van der Waals surface area contributed by atoms with Gasteiger partial charge in [0.2, 0.25) is 11.1 Å². The first kappa shape index (κ1) is 18.8. The third-order valence-corrected chi connectivity index (χ3v) is 5.08. The van der Waals surface area contributed by atoms with Crippen molar-refractivity contribution in [2.45, 2.75) is 17.3 Å². The van der Waals surface area contributed by atoms with E-state index in [4.69, 9.17) is 22.7 Å². The number of nitriles is 1. The Kier molecular flexibility index (Phi) is 5.64. The number of nitrogen functional groups attached to an aromatic ring is 1. The van der Waals surface area contributed by atoms with E-state index < -0.39 is 5.25 Å². The molecule has 1 amide bonds. The molecule has 0 aliphatic heterocycles. The molecule has 1 atom stereocenters. The van der Waals surface area contributed by atoms with E-state index in [9.17, 15) is 4.79 Å². The van der Waals surface area contributed by atoms with Crippen molar-refractivity contribution in [3.05, 3.63) is 59.1 Å². The minimum Gasteiger partial charge on any atom is -0.335 e. The molecule has 3 aromatic rings. The maximum absolute atomic E-state index is 12.4. The van der Waals surface area contributed by atoms with Gasteiger partial charge in [0, 0.05) is 11.3 Å². The van der Waals surface area contributed by atoms with Gasteiger partial charge in [0.1, 0.15) is 0 Å². The molecule has 0 radical (unpaired) electrons. The van der Waals surface area contributed by atoms with Crippen LogP contribution >= 0.6 is 23.4 Å². The molecule has 0 bridgehead atoms. The standard InChI is InChI=1S/C18H15ClN6OS/c1-11(17(26)22-13-6-4-5-12(9-13)10-20)27-18-24-23-16(25(18)21)14-7-2-3-8-15(14)19/h2-9,11H,21H2,1H3,(H,22,26)/t11-/m0/s1. The normalized spacial score (nSPS) is 11.6. The van der Waals surface area contributed by atoms with E-state index in [2.05, 4.69) is 15.5 Å². The molecule has 0 spiro atoms. The van der Waals surface area contributed by atoms with Crippen LogP contribution in [0.5, 0.6) is 0 Å². The second-order valence-electron chi connectivity index (χ2n) is 5.60. The van der Waals surface area contributed by atoms with Crippen molar-refractivity contribution in [3.63, 3.8) is 0 Å². The number of nitrogens with one attached hydrogen (secondary N) is 1. The summed E-state index contributed by atoms with van der Waals surface area (Å²) in [7, 11) is 0. The molecule has 0 unspecified atom stereocenters. The van der Waals surface area contributed by atoms with Gasteiger partial charge in [-0.2, -0.15) is 5.26 Å². The lowest BCUT2D eigenvalue weighted by Crippen LogP contribution is -2.23. The van der Waals surface area contributed by atoms with E-state index in [1.165, 1.54) is 16.4 Å². The summed E-state index contributed by atoms with van der Waals surface area (Å²) in [5.74, 6) is 6.26. The Morgan fingerprint density at radius 2 is 2.07 bits per heavy atom. The molecule has 3 N–H and O–H groups in total. The predicted octanol–water partition coefficient (Wildman–Crippen LogP) is 3.30. The monoisotopic (exact) mass is 398 g/mol. The molecule has 0 saturated heterocycles. The first-order valence-electron chi connectivity index (χ1n) is 7.92. The Labute approximate surface area is 165 Å². The molecule has 2 aromatic carbocycles. The number of halogens is 1. The lowest BCUT2D eigenvalue weighted by molar-refractivity contribution is -0.115. The van der Waals surface area contributed by atoms with Crippen molar-refractivity contribution in [1.82, 2.24) is 14.9 Å². The lowest BCUT2D eigenvalue weighted by atomic mass is 10.2. The molecule has 3 rings (SSSR count). The van der Waals surface area contributed by atoms with Crippen LogP contribution in [0.3, 0.4) is 0 Å². The van der Waals surface area contributed by atoms with Crippen LogP contribution in [0.25, 0.3) is 11.4 Å². The zero-order valence-electron chi connectivity index (χ0n) is 14.3. The number of benzene rings is 2. The number of carbonyl (C=O) groups excluding carboxylic acids is 1. The van der Waals surface area contributed by atoms with Gasteiger partial charge < -0.3 is 11.2 Å². The molecule has 136 valence electrons. The van der Waals surface area contributed by atoms with Crippen molar-refractivity contribution in [2.75, 3.05) is 11.2 Å². The Morgan fingerprint density at radius 3 is 2.81 bits per heavy atom. The van der Waals surface area contributed by atoms with Crippen LogP contribution in [0, 0.1) is 11.3 Å². The highest BCUT2D eigenvalue weighted by Crippen LogP contribution is 2.29. The topological polar surface area (TPSA) is 110 Å². The number of amides is 1. The highest BCUT2D eigenvalue weighted by atomic mass is 35.5. The Hall–Kier alpha value is -3.02. The second kappa shape index (κ2) is 8.12. The molecule has 0 fully saturated rings. The summed E-state index contributed by atoms with van der Waals surface area (Å²) in [5.41, 5.74) is 1.68. The predicted molar refractivity (Wildman–Crippen MR) is 106 cm³/mol. The van der Waals surface area contributed by atoms with E-state index in [0.29, 0.717) is 32.8 Å². The minimum atomic E-state index is -0.485. The Balaban J connectivity index is 1.73. The van der Waals surface area contributed by atoms with Gasteiger partial charge in [-0.1, -0.05) is 41.6 Å². The fourth-order valence-electron chi connectivity index (χ4n) is 2.31. The number of hydrogen-bond acceptors (Lipinski definition) is 6. The molecular weight excluding hydrogens is 384 g/mol. The van der Waals surface area contributed by atoms with E-state index in [1.807, 2.05) is 18.2 Å². The van der Waals surface area contributed by atoms with Crippen molar-refractivity contribution in [1.29, 1.82) is 5.26 Å². The summed E-state index contributed by atoms with van der Waals surface area (Å²) in [6.07, 6.45) is 0. The number of rotatable bonds is 5. The number of nitrogens with two attached hydrogens (primary N) is 1. The van der Waals surface area contributed by atoms with Crippen molar-refractivity contribution >= 4 is 35.0 Å². The van der Waals surface area contributed by atoms with Crippen molar-refractivity contribution in [2.24, 2.45) is 0 Å². The second-order valence-corrected chi connectivity index (χ2v) is 7.31. The quantitative estimate of drug-likeness (QED) is 0.504. The van der Waals surface area contributed by atoms with Crippen LogP contribution in [-0.2, 0) is 4.79 Å². The highest BCUT2D eigenvalue weighted by molar-refractivity contribution is 8.00. The average molecular weight is 399 g/mol. The van der Waals surface area contributed by atoms with Gasteiger partial charge in [-0.3, -0.25) is 4.79 Å². The third-order valence-electron chi connectivity index (χ3n) is 3.69. The summed E-state index contributed by atoms with van der Waals surface area (Å²) < 4.78 is 1.31. The Morgan fingerprint density at radius 1 is 1.30 bits per heavy atom. The van der Waals surface area contributed by atoms with E-state index in [-0.39, 0.29) is 5.91 Å². The zero-order chi connectivity index (χ0) is 19.4. The number of thioether (sulfide) groups is 1. The molecule has 7 nitrogen and oxygen atoms in total. The van der Waals surface area contributed by atoms with Crippen LogP contribution in [0.1, 0.15) is 12.5 Å². The molecule has 0 aliphatic rings. The average Bonchev–Trinajstić information content (AvgIpc) is 3.02. The van der Waals surface area contributed by atoms with Crippen LogP contribution in [0.15, 0.2) is 53.7 Å². The molecule has 0 aliphatic carbocycles. The van der Waals surface area contributed by atoms with E-state index in [0.717, 1.165) is 0 Å². The van der Waals surface area contributed by atoms with Gasteiger partial charge in [-0.15, -0.1) is 10.2 Å². The lowest BCUT2D eigenvalue weighted by Gasteiger charge is -2.12. The van der Waals surface area contributed by atoms with Gasteiger partial charge in [-0.25, -0.2) is 4.68 Å². The number of anilines is 1. The largest absolute Gasteiger partial charge is 0.335 e. The minimum absolute atomic E-state index is 0.239. The van der Waals surface area contributed by atoms with Crippen LogP contribution < -0.4 is 11.2 Å². The molecule has 1 aromatic heterocycles. The van der Waals surface area contributed by atoms with Gasteiger partial charge in [0.15, 0.2) is 5.82 Å². The number of carbonyl (C=O) groups is 1. The molecular formula is C18H15ClN6OS. The van der Waals surface area contributed by atoms with Gasteiger partial charge in [0.05, 0.1) is 21.9 Å². The fraction of sp³-hybridized carbons (Fsp3) is 0.111. The Bertz CT molecular complexity index is 1030. The van der Waals surface area contributed by atoms with E-state index >= 15 is 0 Å². The maximum Gasteiger partial charge on any atom is 0.237 e. The molecule has 27 heavy (non-hydrogen) atoms. The number of aromatic nitrogens is 3. The summed E-state index contributed by atoms with van der Waals surface area (Å²) in [5, 5.41) is 20.3. The van der Waals surface area contributed by atoms with Gasteiger partial charge in [-0.05, 0) is 37.3 Å². The third kappa shape index (κ3) is 4.22. The van der Waals surface area contributed by atoms with Crippen LogP contribution in [-0.4, -0.2) is 26.0 Å². The SMILES string of the molecule is C[C@H](Sc1nnc(-c2ccccc2Cl)n1N)C(=O)Nc1cccc(C#N)c1. The number of nitrogens with zero attached hydrogens (tertiary/aromatic N) is 4. The van der Waals surface area contributed by atoms with Gasteiger partial charge in [0.25, 0.3) is 0 Å². The summed E-state index contributed by atoms with van der Waals surface area (Å²) >= 11 is 7.35. The number of hydrogen-bond donors (Lipinski definition) is 2. The van der Waals surface area contributed by atoms with Crippen LogP contribution in [0.2, 0.25) is 5.02 Å². The summed E-state index contributed by atoms with van der Waals surface area (Å²) in [4.78, 5) is 12.4. The molecule has 9 heteroatoms. The van der Waals surface area contributed by atoms with E-state index in [1.54, 1.807) is 43.3 Å². The van der Waals surface area contributed by atoms with Crippen molar-refractivity contribution < 1.29 is 4.79 Å². The maximum atomic E-state index is 12.4. The molecule has 0 saturated carbocycles. The zero-order valence-corrected chi connectivity index (χ0v) is 15.8. The fourth-order valence-corrected chi connectivity index (χ4v) is 3.30. The van der Waals surface area contributed by atoms with Gasteiger partial charge >= 0.3 is 0 Å². The smallest absolute Gasteiger partial charge is 0.237 e. The summed E-state index contributed by atoms with van der Waals surface area (Å²) in [6.45, 7) is 1.73. The van der Waals surface area contributed by atoms with Crippen molar-refractivity contribution in [3.8, 4) is 17.5 Å². The highest BCUT2D eigenvalue weighted by Gasteiger charge is 2.21. The first-order valence-corrected chi connectivity index (χ1v) is 9.18. The van der Waals surface area contributed by atoms with Crippen LogP contribution in [0.4, 0.5) is 5.69 Å². The summed E-state index contributed by atoms with van der Waals surface area (Å²) in [6, 6.07) is 15.9.